The van der Waals surface area contributed by atoms with E-state index in [1.807, 2.05) is 6.08 Å². The van der Waals surface area contributed by atoms with E-state index in [1.165, 1.54) is 6.42 Å². The van der Waals surface area contributed by atoms with Crippen molar-refractivity contribution in [3.05, 3.63) is 12.7 Å². The van der Waals surface area contributed by atoms with E-state index in [0.717, 1.165) is 19.6 Å². The van der Waals surface area contributed by atoms with Crippen LogP contribution >= 0.6 is 0 Å². The van der Waals surface area contributed by atoms with Crippen LogP contribution in [0.2, 0.25) is 0 Å². The Kier molecular flexibility index (Phi) is 1.91. The number of allylic oxidation sites excluding steroid dienone is 1. The van der Waals surface area contributed by atoms with E-state index in [9.17, 15) is 0 Å². The molecule has 1 fully saturated rings. The zero-order chi connectivity index (χ0) is 6.74. The molecule has 0 aromatic carbocycles. The van der Waals surface area contributed by atoms with E-state index in [0.29, 0.717) is 5.41 Å². The number of hydrogen-bond acceptors (Lipinski definition) is 1. The SMILES string of the molecule is C=CCC1(C)CCOC1. The number of hydrogen-bond donors (Lipinski definition) is 0. The summed E-state index contributed by atoms with van der Waals surface area (Å²) in [4.78, 5) is 0. The molecule has 0 aromatic rings. The van der Waals surface area contributed by atoms with Crippen LogP contribution in [0.15, 0.2) is 12.7 Å². The minimum atomic E-state index is 0.405. The summed E-state index contributed by atoms with van der Waals surface area (Å²) in [5.41, 5.74) is 0.405. The zero-order valence-electron chi connectivity index (χ0n) is 6.02. The highest BCUT2D eigenvalue weighted by Gasteiger charge is 2.27. The quantitative estimate of drug-likeness (QED) is 0.514. The van der Waals surface area contributed by atoms with Crippen LogP contribution in [0.5, 0.6) is 0 Å². The summed E-state index contributed by atoms with van der Waals surface area (Å²) in [5.74, 6) is 0. The minimum absolute atomic E-state index is 0.405. The highest BCUT2D eigenvalue weighted by atomic mass is 16.5. The van der Waals surface area contributed by atoms with Gasteiger partial charge in [-0.1, -0.05) is 13.0 Å². The average molecular weight is 126 g/mol. The van der Waals surface area contributed by atoms with Crippen molar-refractivity contribution in [2.75, 3.05) is 13.2 Å². The lowest BCUT2D eigenvalue weighted by Crippen LogP contribution is -2.13. The maximum Gasteiger partial charge on any atom is 0.0523 e. The monoisotopic (exact) mass is 126 g/mol. The van der Waals surface area contributed by atoms with Gasteiger partial charge < -0.3 is 4.74 Å². The van der Waals surface area contributed by atoms with Crippen LogP contribution in [0.25, 0.3) is 0 Å². The molecule has 1 heteroatoms. The third-order valence-corrected chi connectivity index (χ3v) is 1.94. The fraction of sp³-hybridized carbons (Fsp3) is 0.750. The molecule has 0 spiro atoms. The maximum atomic E-state index is 5.26. The molecule has 0 N–H and O–H groups in total. The van der Waals surface area contributed by atoms with Gasteiger partial charge in [0.1, 0.15) is 0 Å². The Hall–Kier alpha value is -0.300. The van der Waals surface area contributed by atoms with Gasteiger partial charge in [0.05, 0.1) is 6.61 Å². The van der Waals surface area contributed by atoms with Crippen molar-refractivity contribution in [2.24, 2.45) is 5.41 Å². The second kappa shape index (κ2) is 2.53. The van der Waals surface area contributed by atoms with Crippen molar-refractivity contribution in [1.29, 1.82) is 0 Å². The molecule has 0 radical (unpaired) electrons. The predicted molar refractivity (Wildman–Crippen MR) is 38.4 cm³/mol. The molecule has 1 aliphatic rings. The molecule has 1 nitrogen and oxygen atoms in total. The number of ether oxygens (including phenoxy) is 1. The molecule has 0 aromatic heterocycles. The summed E-state index contributed by atoms with van der Waals surface area (Å²) < 4.78 is 5.26. The van der Waals surface area contributed by atoms with Gasteiger partial charge in [-0.25, -0.2) is 0 Å². The fourth-order valence-corrected chi connectivity index (χ4v) is 1.22. The van der Waals surface area contributed by atoms with Crippen molar-refractivity contribution in [1.82, 2.24) is 0 Å². The Bertz CT molecular complexity index is 101. The second-order valence-corrected chi connectivity index (χ2v) is 3.11. The maximum absolute atomic E-state index is 5.26. The average Bonchev–Trinajstić information content (AvgIpc) is 2.16. The smallest absolute Gasteiger partial charge is 0.0523 e. The predicted octanol–water partition coefficient (Wildman–Crippen LogP) is 1.99. The van der Waals surface area contributed by atoms with E-state index >= 15 is 0 Å². The van der Waals surface area contributed by atoms with Crippen molar-refractivity contribution in [3.8, 4) is 0 Å². The summed E-state index contributed by atoms with van der Waals surface area (Å²) in [6, 6.07) is 0. The van der Waals surface area contributed by atoms with Crippen LogP contribution in [0.4, 0.5) is 0 Å². The van der Waals surface area contributed by atoms with E-state index in [2.05, 4.69) is 13.5 Å². The third kappa shape index (κ3) is 1.55. The fourth-order valence-electron chi connectivity index (χ4n) is 1.22. The molecule has 1 saturated heterocycles. The van der Waals surface area contributed by atoms with Gasteiger partial charge in [0.15, 0.2) is 0 Å². The topological polar surface area (TPSA) is 9.23 Å². The summed E-state index contributed by atoms with van der Waals surface area (Å²) >= 11 is 0. The van der Waals surface area contributed by atoms with Crippen LogP contribution in [0.3, 0.4) is 0 Å². The molecule has 0 amide bonds. The minimum Gasteiger partial charge on any atom is -0.381 e. The third-order valence-electron chi connectivity index (χ3n) is 1.94. The van der Waals surface area contributed by atoms with Crippen LogP contribution < -0.4 is 0 Å². The molecule has 1 atom stereocenters. The van der Waals surface area contributed by atoms with Gasteiger partial charge in [-0.3, -0.25) is 0 Å². The van der Waals surface area contributed by atoms with Gasteiger partial charge in [-0.15, -0.1) is 6.58 Å². The van der Waals surface area contributed by atoms with Gasteiger partial charge in [-0.05, 0) is 18.3 Å². The largest absolute Gasteiger partial charge is 0.381 e. The summed E-state index contributed by atoms with van der Waals surface area (Å²) in [5, 5.41) is 0. The highest BCUT2D eigenvalue weighted by molar-refractivity contribution is 4.85. The first-order chi connectivity index (χ1) is 4.27. The molecule has 52 valence electrons. The van der Waals surface area contributed by atoms with Gasteiger partial charge in [0.2, 0.25) is 0 Å². The Balaban J connectivity index is 2.40. The second-order valence-electron chi connectivity index (χ2n) is 3.11. The van der Waals surface area contributed by atoms with Crippen LogP contribution in [0.1, 0.15) is 19.8 Å². The normalized spacial score (nSPS) is 34.8. The van der Waals surface area contributed by atoms with E-state index in [4.69, 9.17) is 4.74 Å². The van der Waals surface area contributed by atoms with E-state index in [1.54, 1.807) is 0 Å². The van der Waals surface area contributed by atoms with Gasteiger partial charge in [-0.2, -0.15) is 0 Å². The van der Waals surface area contributed by atoms with E-state index < -0.39 is 0 Å². The first kappa shape index (κ1) is 6.81. The Labute approximate surface area is 56.7 Å². The molecule has 0 aliphatic carbocycles. The Morgan fingerprint density at radius 3 is 3.00 bits per heavy atom. The summed E-state index contributed by atoms with van der Waals surface area (Å²) in [6.45, 7) is 7.82. The molecule has 9 heavy (non-hydrogen) atoms. The lowest BCUT2D eigenvalue weighted by Gasteiger charge is -2.18. The molecule has 0 bridgehead atoms. The van der Waals surface area contributed by atoms with Crippen molar-refractivity contribution in [2.45, 2.75) is 19.8 Å². The van der Waals surface area contributed by atoms with Crippen LogP contribution in [-0.2, 0) is 4.74 Å². The molecule has 1 aliphatic heterocycles. The molecular weight excluding hydrogens is 112 g/mol. The highest BCUT2D eigenvalue weighted by Crippen LogP contribution is 2.31. The first-order valence-electron chi connectivity index (χ1n) is 3.45. The van der Waals surface area contributed by atoms with Gasteiger partial charge >= 0.3 is 0 Å². The standard InChI is InChI=1S/C8H14O/c1-3-4-8(2)5-6-9-7-8/h3H,1,4-7H2,2H3. The van der Waals surface area contributed by atoms with Gasteiger partial charge in [0.25, 0.3) is 0 Å². The van der Waals surface area contributed by atoms with Crippen molar-refractivity contribution in [3.63, 3.8) is 0 Å². The molecule has 1 rings (SSSR count). The first-order valence-corrected chi connectivity index (χ1v) is 3.45. The number of rotatable bonds is 2. The molecule has 0 saturated carbocycles. The molecule has 1 heterocycles. The summed E-state index contributed by atoms with van der Waals surface area (Å²) in [7, 11) is 0. The van der Waals surface area contributed by atoms with E-state index in [-0.39, 0.29) is 0 Å². The lowest BCUT2D eigenvalue weighted by atomic mass is 9.86. The zero-order valence-corrected chi connectivity index (χ0v) is 6.02. The molecular formula is C8H14O. The summed E-state index contributed by atoms with van der Waals surface area (Å²) in [6.07, 6.45) is 4.26. The Morgan fingerprint density at radius 1 is 1.78 bits per heavy atom. The van der Waals surface area contributed by atoms with Gasteiger partial charge in [0, 0.05) is 6.61 Å². The lowest BCUT2D eigenvalue weighted by molar-refractivity contribution is 0.161. The van der Waals surface area contributed by atoms with Crippen LogP contribution in [0, 0.1) is 5.41 Å². The van der Waals surface area contributed by atoms with Crippen LogP contribution in [-0.4, -0.2) is 13.2 Å². The van der Waals surface area contributed by atoms with Crippen molar-refractivity contribution >= 4 is 0 Å². The van der Waals surface area contributed by atoms with Crippen molar-refractivity contribution < 1.29 is 4.74 Å². The molecule has 1 unspecified atom stereocenters. The Morgan fingerprint density at radius 2 is 2.56 bits per heavy atom.